The smallest absolute Gasteiger partial charge is 0.332 e. The molecule has 0 bridgehead atoms. The molecule has 0 saturated carbocycles. The molecule has 2 aromatic rings. The molecule has 0 unspecified atom stereocenters. The molecule has 8 heteroatoms. The van der Waals surface area contributed by atoms with Gasteiger partial charge in [0.05, 0.1) is 0 Å². The van der Waals surface area contributed by atoms with Gasteiger partial charge in [-0.1, -0.05) is 0 Å². The van der Waals surface area contributed by atoms with Gasteiger partial charge in [-0.15, -0.1) is 0 Å². The molecule has 0 aliphatic carbocycles. The van der Waals surface area contributed by atoms with E-state index in [2.05, 4.69) is 4.98 Å². The summed E-state index contributed by atoms with van der Waals surface area (Å²) in [5, 5.41) is 8.76. The van der Waals surface area contributed by atoms with Crippen LogP contribution in [0.5, 0.6) is 0 Å². The Morgan fingerprint density at radius 1 is 1.17 bits per heavy atom. The fourth-order valence-electron chi connectivity index (χ4n) is 1.92. The number of fused-ring (bicyclic) bond motifs is 1. The van der Waals surface area contributed by atoms with Crippen LogP contribution in [-0.2, 0) is 32.4 Å². The molecule has 2 heterocycles. The minimum Gasteiger partial charge on any atom is -0.481 e. The first-order valence-corrected chi connectivity index (χ1v) is 5.17. The topological polar surface area (TPSA) is 99.1 Å². The maximum atomic E-state index is 11.9. The van der Waals surface area contributed by atoms with Crippen molar-refractivity contribution < 1.29 is 9.90 Å². The minimum atomic E-state index is -1.05. The predicted octanol–water partition coefficient (Wildman–Crippen LogP) is -1.40. The number of hydrogen-bond acceptors (Lipinski definition) is 4. The second-order valence-electron chi connectivity index (χ2n) is 4.04. The van der Waals surface area contributed by atoms with E-state index in [4.69, 9.17) is 5.11 Å². The highest BCUT2D eigenvalue weighted by Crippen LogP contribution is 2.09. The molecule has 2 aromatic heterocycles. The number of imidazole rings is 1. The van der Waals surface area contributed by atoms with Gasteiger partial charge in [0, 0.05) is 21.1 Å². The lowest BCUT2D eigenvalue weighted by Gasteiger charge is -2.05. The molecule has 0 fully saturated rings. The zero-order valence-corrected chi connectivity index (χ0v) is 10.2. The first-order chi connectivity index (χ1) is 8.34. The lowest BCUT2D eigenvalue weighted by Crippen LogP contribution is -2.37. The van der Waals surface area contributed by atoms with Gasteiger partial charge in [-0.3, -0.25) is 18.7 Å². The summed E-state index contributed by atoms with van der Waals surface area (Å²) in [5.74, 6) is -0.814. The van der Waals surface area contributed by atoms with Crippen LogP contribution in [0.4, 0.5) is 0 Å². The van der Waals surface area contributed by atoms with Crippen molar-refractivity contribution in [1.29, 1.82) is 0 Å². The van der Waals surface area contributed by atoms with Crippen LogP contribution in [0.25, 0.3) is 11.2 Å². The number of nitrogens with zero attached hydrogens (tertiary/aromatic N) is 4. The summed E-state index contributed by atoms with van der Waals surface area (Å²) < 4.78 is 3.67. The number of aromatic nitrogens is 4. The van der Waals surface area contributed by atoms with Gasteiger partial charge >= 0.3 is 11.7 Å². The Bertz CT molecular complexity index is 765. The van der Waals surface area contributed by atoms with Crippen molar-refractivity contribution in [3.05, 3.63) is 26.7 Å². The van der Waals surface area contributed by atoms with Gasteiger partial charge < -0.3 is 9.67 Å². The molecule has 0 amide bonds. The van der Waals surface area contributed by atoms with Crippen molar-refractivity contribution >= 4 is 17.1 Å². The van der Waals surface area contributed by atoms with Crippen LogP contribution in [0.15, 0.2) is 9.59 Å². The molecule has 1 N–H and O–H groups in total. The van der Waals surface area contributed by atoms with Crippen molar-refractivity contribution in [2.24, 2.45) is 21.1 Å². The molecule has 0 radical (unpaired) electrons. The Labute approximate surface area is 101 Å². The van der Waals surface area contributed by atoms with Gasteiger partial charge in [0.1, 0.15) is 17.9 Å². The van der Waals surface area contributed by atoms with Gasteiger partial charge in [0.25, 0.3) is 5.56 Å². The van der Waals surface area contributed by atoms with Crippen LogP contribution in [-0.4, -0.2) is 29.8 Å². The standard InChI is InChI=1S/C10H12N4O4/c1-12-5(4-6(15)16)11-7-8(12)13(2)10(18)14(3)9(7)17/h4H2,1-3H3,(H,15,16). The molecule has 8 nitrogen and oxygen atoms in total. The van der Waals surface area contributed by atoms with E-state index in [-0.39, 0.29) is 17.8 Å². The summed E-state index contributed by atoms with van der Waals surface area (Å²) in [4.78, 5) is 38.3. The maximum absolute atomic E-state index is 11.9. The molecule has 0 saturated heterocycles. The minimum absolute atomic E-state index is 0.0957. The molecule has 96 valence electrons. The first kappa shape index (κ1) is 12.1. The summed E-state index contributed by atoms with van der Waals surface area (Å²) in [7, 11) is 4.44. The van der Waals surface area contributed by atoms with E-state index in [1.165, 1.54) is 23.2 Å². The summed E-state index contributed by atoms with van der Waals surface area (Å²) in [5.41, 5.74) is -0.588. The van der Waals surface area contributed by atoms with E-state index in [1.807, 2.05) is 0 Å². The number of carboxylic acids is 1. The summed E-state index contributed by atoms with van der Waals surface area (Å²) in [6.07, 6.45) is -0.303. The lowest BCUT2D eigenvalue weighted by molar-refractivity contribution is -0.136. The van der Waals surface area contributed by atoms with Crippen LogP contribution < -0.4 is 11.2 Å². The normalized spacial score (nSPS) is 11.1. The van der Waals surface area contributed by atoms with Gasteiger partial charge in [-0.25, -0.2) is 9.78 Å². The first-order valence-electron chi connectivity index (χ1n) is 5.17. The summed E-state index contributed by atoms with van der Waals surface area (Å²) in [6, 6.07) is 0. The molecule has 0 spiro atoms. The Morgan fingerprint density at radius 2 is 1.78 bits per heavy atom. The second kappa shape index (κ2) is 3.83. The molecular weight excluding hydrogens is 240 g/mol. The van der Waals surface area contributed by atoms with Crippen LogP contribution in [0, 0.1) is 0 Å². The highest BCUT2D eigenvalue weighted by molar-refractivity contribution is 5.74. The maximum Gasteiger partial charge on any atom is 0.332 e. The molecular formula is C10H12N4O4. The van der Waals surface area contributed by atoms with E-state index in [1.54, 1.807) is 7.05 Å². The predicted molar refractivity (Wildman–Crippen MR) is 62.5 cm³/mol. The Hall–Kier alpha value is -2.38. The number of carbonyl (C=O) groups is 1. The average Bonchev–Trinajstić information content (AvgIpc) is 2.61. The van der Waals surface area contributed by atoms with Crippen molar-refractivity contribution in [2.45, 2.75) is 6.42 Å². The number of rotatable bonds is 2. The number of hydrogen-bond donors (Lipinski definition) is 1. The highest BCUT2D eigenvalue weighted by Gasteiger charge is 2.17. The van der Waals surface area contributed by atoms with Gasteiger partial charge in [-0.2, -0.15) is 0 Å². The van der Waals surface area contributed by atoms with Gasteiger partial charge in [0.15, 0.2) is 5.52 Å². The van der Waals surface area contributed by atoms with Crippen molar-refractivity contribution in [1.82, 2.24) is 18.7 Å². The lowest BCUT2D eigenvalue weighted by atomic mass is 10.4. The largest absolute Gasteiger partial charge is 0.481 e. The fourth-order valence-corrected chi connectivity index (χ4v) is 1.92. The zero-order chi connectivity index (χ0) is 13.6. The SMILES string of the molecule is Cn1c(=O)c2nc(CC(=O)O)n(C)c2n(C)c1=O. The molecule has 0 aromatic carbocycles. The quantitative estimate of drug-likeness (QED) is 0.708. The van der Waals surface area contributed by atoms with Crippen molar-refractivity contribution in [3.8, 4) is 0 Å². The Balaban J connectivity index is 2.93. The van der Waals surface area contributed by atoms with E-state index in [9.17, 15) is 14.4 Å². The van der Waals surface area contributed by atoms with E-state index in [0.717, 1.165) is 4.57 Å². The monoisotopic (exact) mass is 252 g/mol. The number of aliphatic carboxylic acids is 1. The Kier molecular flexibility index (Phi) is 2.57. The molecule has 2 rings (SSSR count). The van der Waals surface area contributed by atoms with Gasteiger partial charge in [-0.05, 0) is 0 Å². The molecule has 18 heavy (non-hydrogen) atoms. The summed E-state index contributed by atoms with van der Waals surface area (Å²) in [6.45, 7) is 0. The van der Waals surface area contributed by atoms with Crippen molar-refractivity contribution in [3.63, 3.8) is 0 Å². The fraction of sp³-hybridized carbons (Fsp3) is 0.400. The third kappa shape index (κ3) is 1.53. The number of aryl methyl sites for hydroxylation is 2. The summed E-state index contributed by atoms with van der Waals surface area (Å²) >= 11 is 0. The molecule has 0 atom stereocenters. The van der Waals surface area contributed by atoms with Crippen LogP contribution in [0.3, 0.4) is 0 Å². The van der Waals surface area contributed by atoms with E-state index < -0.39 is 17.2 Å². The third-order valence-electron chi connectivity index (χ3n) is 2.87. The van der Waals surface area contributed by atoms with Crippen LogP contribution in [0.2, 0.25) is 0 Å². The Morgan fingerprint density at radius 3 is 2.33 bits per heavy atom. The third-order valence-corrected chi connectivity index (χ3v) is 2.87. The zero-order valence-electron chi connectivity index (χ0n) is 10.2. The highest BCUT2D eigenvalue weighted by atomic mass is 16.4. The van der Waals surface area contributed by atoms with Crippen molar-refractivity contribution in [2.75, 3.05) is 0 Å². The second-order valence-corrected chi connectivity index (χ2v) is 4.04. The van der Waals surface area contributed by atoms with E-state index in [0.29, 0.717) is 5.65 Å². The van der Waals surface area contributed by atoms with Crippen LogP contribution in [0.1, 0.15) is 5.82 Å². The van der Waals surface area contributed by atoms with Crippen LogP contribution >= 0.6 is 0 Å². The molecule has 0 aliphatic rings. The number of carboxylic acid groups (broad SMARTS) is 1. The van der Waals surface area contributed by atoms with E-state index >= 15 is 0 Å². The van der Waals surface area contributed by atoms with Gasteiger partial charge in [0.2, 0.25) is 0 Å². The molecule has 0 aliphatic heterocycles. The average molecular weight is 252 g/mol.